The molecule has 0 radical (unpaired) electrons. The van der Waals surface area contributed by atoms with Gasteiger partial charge in [-0.2, -0.15) is 0 Å². The highest BCUT2D eigenvalue weighted by atomic mass is 35.5. The second-order valence-electron chi connectivity index (χ2n) is 2.67. The molecule has 1 aromatic rings. The van der Waals surface area contributed by atoms with Gasteiger partial charge in [0.1, 0.15) is 0 Å². The lowest BCUT2D eigenvalue weighted by atomic mass is 9.98. The van der Waals surface area contributed by atoms with Crippen LogP contribution in [0.15, 0.2) is 11.4 Å². The van der Waals surface area contributed by atoms with Gasteiger partial charge in [-0.05, 0) is 11.4 Å². The molecule has 2 heterocycles. The number of halogens is 2. The van der Waals surface area contributed by atoms with Crippen molar-refractivity contribution in [1.82, 2.24) is 5.32 Å². The molecule has 0 unspecified atom stereocenters. The van der Waals surface area contributed by atoms with Gasteiger partial charge < -0.3 is 5.32 Å². The van der Waals surface area contributed by atoms with Gasteiger partial charge in [-0.15, -0.1) is 11.3 Å². The normalized spacial score (nSPS) is 21.3. The molecule has 11 heavy (non-hydrogen) atoms. The summed E-state index contributed by atoms with van der Waals surface area (Å²) in [7, 11) is 0. The van der Waals surface area contributed by atoms with Crippen LogP contribution in [0.3, 0.4) is 0 Å². The number of hydrogen-bond donors (Lipinski definition) is 1. The van der Waals surface area contributed by atoms with E-state index in [4.69, 9.17) is 11.6 Å². The summed E-state index contributed by atoms with van der Waals surface area (Å²) in [5.74, 6) is 0. The zero-order chi connectivity index (χ0) is 7.90. The van der Waals surface area contributed by atoms with Crippen molar-refractivity contribution < 1.29 is 4.39 Å². The Kier molecular flexibility index (Phi) is 1.67. The van der Waals surface area contributed by atoms with E-state index in [2.05, 4.69) is 5.32 Å². The lowest BCUT2D eigenvalue weighted by Crippen LogP contribution is -2.53. The number of alkyl halides is 1. The third kappa shape index (κ3) is 1.08. The van der Waals surface area contributed by atoms with E-state index in [0.717, 1.165) is 0 Å². The minimum absolute atomic E-state index is 0.396. The van der Waals surface area contributed by atoms with E-state index < -0.39 is 5.67 Å². The van der Waals surface area contributed by atoms with Gasteiger partial charge in [0.2, 0.25) is 0 Å². The molecule has 1 fully saturated rings. The SMILES string of the molecule is FC1(c2sccc2Cl)CNC1. The van der Waals surface area contributed by atoms with E-state index in [1.165, 1.54) is 11.3 Å². The molecule has 1 aliphatic heterocycles. The molecule has 4 heteroatoms. The summed E-state index contributed by atoms with van der Waals surface area (Å²) in [5, 5.41) is 5.26. The van der Waals surface area contributed by atoms with Crippen molar-refractivity contribution in [2.75, 3.05) is 13.1 Å². The largest absolute Gasteiger partial charge is 0.309 e. The number of thiophene rings is 1. The molecule has 1 nitrogen and oxygen atoms in total. The topological polar surface area (TPSA) is 12.0 Å². The number of rotatable bonds is 1. The fourth-order valence-electron chi connectivity index (χ4n) is 1.12. The molecule has 0 atom stereocenters. The fraction of sp³-hybridized carbons (Fsp3) is 0.429. The maximum absolute atomic E-state index is 13.6. The summed E-state index contributed by atoms with van der Waals surface area (Å²) in [6, 6.07) is 1.74. The highest BCUT2D eigenvalue weighted by Gasteiger charge is 2.41. The second kappa shape index (κ2) is 2.44. The van der Waals surface area contributed by atoms with Gasteiger partial charge in [-0.25, -0.2) is 4.39 Å². The predicted octanol–water partition coefficient (Wildman–Crippen LogP) is 2.17. The van der Waals surface area contributed by atoms with Gasteiger partial charge in [0, 0.05) is 13.1 Å². The number of hydrogen-bond acceptors (Lipinski definition) is 2. The van der Waals surface area contributed by atoms with Crippen LogP contribution in [0.5, 0.6) is 0 Å². The van der Waals surface area contributed by atoms with Crippen molar-refractivity contribution in [3.8, 4) is 0 Å². The molecule has 1 N–H and O–H groups in total. The van der Waals surface area contributed by atoms with Crippen molar-refractivity contribution in [1.29, 1.82) is 0 Å². The van der Waals surface area contributed by atoms with Crippen LogP contribution >= 0.6 is 22.9 Å². The summed E-state index contributed by atoms with van der Waals surface area (Å²) >= 11 is 7.16. The third-order valence-electron chi connectivity index (χ3n) is 1.83. The van der Waals surface area contributed by atoms with E-state index in [9.17, 15) is 4.39 Å². The monoisotopic (exact) mass is 191 g/mol. The quantitative estimate of drug-likeness (QED) is 0.718. The zero-order valence-corrected chi connectivity index (χ0v) is 7.31. The Morgan fingerprint density at radius 2 is 2.36 bits per heavy atom. The second-order valence-corrected chi connectivity index (χ2v) is 3.99. The molecule has 1 aliphatic rings. The third-order valence-corrected chi connectivity index (χ3v) is 3.36. The zero-order valence-electron chi connectivity index (χ0n) is 5.73. The van der Waals surface area contributed by atoms with E-state index in [0.29, 0.717) is 23.0 Å². The molecule has 2 rings (SSSR count). The van der Waals surface area contributed by atoms with Gasteiger partial charge in [0.05, 0.1) is 9.90 Å². The van der Waals surface area contributed by atoms with Crippen LogP contribution in [0.1, 0.15) is 4.88 Å². The first-order valence-electron chi connectivity index (χ1n) is 3.35. The first-order chi connectivity index (χ1) is 5.22. The van der Waals surface area contributed by atoms with E-state index >= 15 is 0 Å². The van der Waals surface area contributed by atoms with Crippen LogP contribution in [0.2, 0.25) is 5.02 Å². The lowest BCUT2D eigenvalue weighted by molar-refractivity contribution is 0.0935. The van der Waals surface area contributed by atoms with E-state index in [1.54, 1.807) is 6.07 Å². The Hall–Kier alpha value is -0.120. The first kappa shape index (κ1) is 7.53. The van der Waals surface area contributed by atoms with Gasteiger partial charge in [0.15, 0.2) is 5.67 Å². The summed E-state index contributed by atoms with van der Waals surface area (Å²) in [4.78, 5) is 0.665. The maximum Gasteiger partial charge on any atom is 0.171 e. The molecule has 0 bridgehead atoms. The van der Waals surface area contributed by atoms with Crippen LogP contribution in [-0.2, 0) is 5.67 Å². The molecular formula is C7H7ClFNS. The van der Waals surface area contributed by atoms with Crippen molar-refractivity contribution in [3.05, 3.63) is 21.3 Å². The predicted molar refractivity (Wildman–Crippen MR) is 45.0 cm³/mol. The van der Waals surface area contributed by atoms with Gasteiger partial charge in [-0.1, -0.05) is 11.6 Å². The van der Waals surface area contributed by atoms with Crippen molar-refractivity contribution in [2.45, 2.75) is 5.67 Å². The molecule has 0 aromatic carbocycles. The van der Waals surface area contributed by atoms with Crippen LogP contribution in [-0.4, -0.2) is 13.1 Å². The Balaban J connectivity index is 2.35. The Bertz CT molecular complexity index is 269. The molecule has 0 aliphatic carbocycles. The molecule has 1 aromatic heterocycles. The highest BCUT2D eigenvalue weighted by molar-refractivity contribution is 7.10. The summed E-state index contributed by atoms with van der Waals surface area (Å²) in [6.07, 6.45) is 0. The Labute approximate surface area is 73.2 Å². The van der Waals surface area contributed by atoms with Crippen molar-refractivity contribution in [2.24, 2.45) is 0 Å². The van der Waals surface area contributed by atoms with Gasteiger partial charge in [0.25, 0.3) is 0 Å². The van der Waals surface area contributed by atoms with Crippen LogP contribution in [0.4, 0.5) is 4.39 Å². The molecule has 60 valence electrons. The number of nitrogens with one attached hydrogen (secondary N) is 1. The van der Waals surface area contributed by atoms with Gasteiger partial charge in [-0.3, -0.25) is 0 Å². The first-order valence-corrected chi connectivity index (χ1v) is 4.61. The molecule has 0 spiro atoms. The molecular weight excluding hydrogens is 185 g/mol. The Morgan fingerprint density at radius 3 is 2.73 bits per heavy atom. The minimum Gasteiger partial charge on any atom is -0.309 e. The summed E-state index contributed by atoms with van der Waals surface area (Å²) < 4.78 is 13.6. The van der Waals surface area contributed by atoms with Gasteiger partial charge >= 0.3 is 0 Å². The fourth-order valence-corrected chi connectivity index (χ4v) is 2.44. The van der Waals surface area contributed by atoms with Crippen molar-refractivity contribution >= 4 is 22.9 Å². The summed E-state index contributed by atoms with van der Waals surface area (Å²) in [5.41, 5.74) is -1.19. The van der Waals surface area contributed by atoms with Crippen molar-refractivity contribution in [3.63, 3.8) is 0 Å². The minimum atomic E-state index is -1.19. The maximum atomic E-state index is 13.6. The van der Waals surface area contributed by atoms with Crippen LogP contribution in [0.25, 0.3) is 0 Å². The average Bonchev–Trinajstić information content (AvgIpc) is 2.30. The average molecular weight is 192 g/mol. The summed E-state index contributed by atoms with van der Waals surface area (Å²) in [6.45, 7) is 0.792. The molecule has 0 amide bonds. The highest BCUT2D eigenvalue weighted by Crippen LogP contribution is 2.38. The Morgan fingerprint density at radius 1 is 1.64 bits per heavy atom. The standard InChI is InChI=1S/C7H7ClFNS/c8-5-1-2-11-6(5)7(9)3-10-4-7/h1-2,10H,3-4H2. The van der Waals surface area contributed by atoms with Crippen LogP contribution < -0.4 is 5.32 Å². The van der Waals surface area contributed by atoms with E-state index in [-0.39, 0.29) is 0 Å². The molecule has 0 saturated carbocycles. The van der Waals surface area contributed by atoms with E-state index in [1.807, 2.05) is 5.38 Å². The lowest BCUT2D eigenvalue weighted by Gasteiger charge is -2.34. The smallest absolute Gasteiger partial charge is 0.171 e. The van der Waals surface area contributed by atoms with Crippen LogP contribution in [0, 0.1) is 0 Å². The molecule has 1 saturated heterocycles.